The zero-order valence-electron chi connectivity index (χ0n) is 8.87. The number of aromatic nitrogens is 1. The third kappa shape index (κ3) is 1.70. The molecule has 4 heteroatoms. The lowest BCUT2D eigenvalue weighted by Gasteiger charge is -1.99. The first-order valence-corrected chi connectivity index (χ1v) is 5.94. The van der Waals surface area contributed by atoms with Crippen molar-refractivity contribution in [1.82, 2.24) is 4.98 Å². The normalized spacial score (nSPS) is 15.9. The fourth-order valence-corrected chi connectivity index (χ4v) is 2.16. The molecule has 1 heterocycles. The molecule has 3 rings (SSSR count). The molecule has 3 nitrogen and oxygen atoms in total. The van der Waals surface area contributed by atoms with Crippen LogP contribution in [-0.2, 0) is 6.42 Å². The molecule has 2 aromatic rings. The molecular weight excluding hydrogens is 224 g/mol. The van der Waals surface area contributed by atoms with Crippen LogP contribution in [0.1, 0.15) is 30.2 Å². The zero-order valence-corrected chi connectivity index (χ0v) is 9.63. The second kappa shape index (κ2) is 3.75. The van der Waals surface area contributed by atoms with Gasteiger partial charge >= 0.3 is 0 Å². The van der Waals surface area contributed by atoms with Gasteiger partial charge in [0.05, 0.1) is 0 Å². The van der Waals surface area contributed by atoms with Crippen molar-refractivity contribution < 1.29 is 4.42 Å². The van der Waals surface area contributed by atoms with E-state index in [0.717, 1.165) is 29.0 Å². The van der Waals surface area contributed by atoms with E-state index in [0.29, 0.717) is 17.5 Å². The molecule has 1 aliphatic rings. The van der Waals surface area contributed by atoms with Crippen LogP contribution in [0.25, 0.3) is 11.1 Å². The Hall–Kier alpha value is -1.06. The van der Waals surface area contributed by atoms with Crippen molar-refractivity contribution in [3.05, 3.63) is 28.6 Å². The number of hydrogen-bond acceptors (Lipinski definition) is 3. The molecule has 1 aliphatic carbocycles. The molecule has 0 unspecified atom stereocenters. The van der Waals surface area contributed by atoms with Crippen molar-refractivity contribution in [1.29, 1.82) is 0 Å². The molecule has 16 heavy (non-hydrogen) atoms. The summed E-state index contributed by atoms with van der Waals surface area (Å²) in [7, 11) is 0. The van der Waals surface area contributed by atoms with Gasteiger partial charge in [0.2, 0.25) is 0 Å². The Morgan fingerprint density at radius 3 is 2.94 bits per heavy atom. The van der Waals surface area contributed by atoms with Crippen LogP contribution in [-0.4, -0.2) is 11.5 Å². The van der Waals surface area contributed by atoms with E-state index in [1.807, 2.05) is 12.1 Å². The maximum absolute atomic E-state index is 6.04. The van der Waals surface area contributed by atoms with Crippen molar-refractivity contribution in [3.63, 3.8) is 0 Å². The second-order valence-corrected chi connectivity index (χ2v) is 4.71. The van der Waals surface area contributed by atoms with E-state index in [-0.39, 0.29) is 0 Å². The number of hydrogen-bond donors (Lipinski definition) is 1. The van der Waals surface area contributed by atoms with Crippen molar-refractivity contribution in [3.8, 4) is 0 Å². The number of rotatable bonds is 3. The van der Waals surface area contributed by atoms with Gasteiger partial charge in [-0.15, -0.1) is 0 Å². The Morgan fingerprint density at radius 1 is 1.44 bits per heavy atom. The molecule has 0 saturated heterocycles. The summed E-state index contributed by atoms with van der Waals surface area (Å²) in [5.41, 5.74) is 8.35. The number of nitrogens with zero attached hydrogens (tertiary/aromatic N) is 1. The third-order valence-electron chi connectivity index (χ3n) is 2.89. The van der Waals surface area contributed by atoms with Gasteiger partial charge in [0.15, 0.2) is 11.5 Å². The van der Waals surface area contributed by atoms with Crippen molar-refractivity contribution in [2.75, 3.05) is 6.54 Å². The Morgan fingerprint density at radius 2 is 2.25 bits per heavy atom. The molecular formula is C12H13ClN2O. The standard InChI is InChI=1S/C12H13ClN2O/c13-9-5-8(3-4-14)11-10(6-9)15-12(16-11)7-1-2-7/h5-7H,1-4,14H2. The van der Waals surface area contributed by atoms with Crippen LogP contribution in [0.4, 0.5) is 0 Å². The smallest absolute Gasteiger partial charge is 0.198 e. The first kappa shape index (κ1) is 10.1. The number of nitrogens with two attached hydrogens (primary N) is 1. The van der Waals surface area contributed by atoms with Crippen LogP contribution in [0.5, 0.6) is 0 Å². The molecule has 1 aromatic heterocycles. The fourth-order valence-electron chi connectivity index (χ4n) is 1.93. The lowest BCUT2D eigenvalue weighted by molar-refractivity contribution is 0.530. The van der Waals surface area contributed by atoms with Gasteiger partial charge in [0.1, 0.15) is 5.52 Å². The van der Waals surface area contributed by atoms with E-state index in [9.17, 15) is 0 Å². The Bertz CT molecular complexity index is 531. The van der Waals surface area contributed by atoms with Crippen LogP contribution in [0, 0.1) is 0 Å². The third-order valence-corrected chi connectivity index (χ3v) is 3.11. The number of oxazole rings is 1. The van der Waals surface area contributed by atoms with E-state index in [4.69, 9.17) is 21.8 Å². The summed E-state index contributed by atoms with van der Waals surface area (Å²) in [6.07, 6.45) is 3.15. The summed E-state index contributed by atoms with van der Waals surface area (Å²) in [6, 6.07) is 3.77. The molecule has 0 amide bonds. The quantitative estimate of drug-likeness (QED) is 0.892. The first-order valence-electron chi connectivity index (χ1n) is 5.57. The topological polar surface area (TPSA) is 52.0 Å². The fraction of sp³-hybridized carbons (Fsp3) is 0.417. The lowest BCUT2D eigenvalue weighted by atomic mass is 10.1. The van der Waals surface area contributed by atoms with Gasteiger partial charge in [-0.05, 0) is 43.5 Å². The Balaban J connectivity index is 2.15. The second-order valence-electron chi connectivity index (χ2n) is 4.28. The molecule has 2 N–H and O–H groups in total. The van der Waals surface area contributed by atoms with Crippen LogP contribution in [0.2, 0.25) is 5.02 Å². The van der Waals surface area contributed by atoms with E-state index in [2.05, 4.69) is 4.98 Å². The van der Waals surface area contributed by atoms with E-state index >= 15 is 0 Å². The minimum atomic E-state index is 0.525. The molecule has 1 saturated carbocycles. The average molecular weight is 237 g/mol. The number of halogens is 1. The highest BCUT2D eigenvalue weighted by molar-refractivity contribution is 6.31. The van der Waals surface area contributed by atoms with Crippen molar-refractivity contribution in [2.45, 2.75) is 25.2 Å². The summed E-state index contributed by atoms with van der Waals surface area (Å²) >= 11 is 6.04. The van der Waals surface area contributed by atoms with Crippen LogP contribution < -0.4 is 5.73 Å². The first-order chi connectivity index (χ1) is 7.78. The van der Waals surface area contributed by atoms with Gasteiger partial charge in [-0.25, -0.2) is 4.98 Å². The summed E-state index contributed by atoms with van der Waals surface area (Å²) in [5.74, 6) is 1.38. The van der Waals surface area contributed by atoms with Gasteiger partial charge in [0, 0.05) is 10.9 Å². The predicted octanol–water partition coefficient (Wildman–Crippen LogP) is 2.86. The van der Waals surface area contributed by atoms with Gasteiger partial charge in [-0.2, -0.15) is 0 Å². The molecule has 0 bridgehead atoms. The van der Waals surface area contributed by atoms with Gasteiger partial charge in [-0.3, -0.25) is 0 Å². The summed E-state index contributed by atoms with van der Waals surface area (Å²) < 4.78 is 5.81. The van der Waals surface area contributed by atoms with Crippen molar-refractivity contribution in [2.24, 2.45) is 5.73 Å². The van der Waals surface area contributed by atoms with Crippen molar-refractivity contribution >= 4 is 22.7 Å². The largest absolute Gasteiger partial charge is 0.440 e. The van der Waals surface area contributed by atoms with Gasteiger partial charge in [-0.1, -0.05) is 11.6 Å². The van der Waals surface area contributed by atoms with Crippen LogP contribution in [0.15, 0.2) is 16.5 Å². The summed E-state index contributed by atoms with van der Waals surface area (Å²) in [4.78, 5) is 4.49. The average Bonchev–Trinajstić information content (AvgIpc) is 3.00. The monoisotopic (exact) mass is 236 g/mol. The molecule has 0 radical (unpaired) electrons. The van der Waals surface area contributed by atoms with Crippen LogP contribution >= 0.6 is 11.6 Å². The zero-order chi connectivity index (χ0) is 11.1. The number of benzene rings is 1. The predicted molar refractivity (Wildman–Crippen MR) is 63.8 cm³/mol. The number of fused-ring (bicyclic) bond motifs is 1. The maximum Gasteiger partial charge on any atom is 0.198 e. The highest BCUT2D eigenvalue weighted by atomic mass is 35.5. The lowest BCUT2D eigenvalue weighted by Crippen LogP contribution is -2.02. The molecule has 0 atom stereocenters. The molecule has 1 fully saturated rings. The van der Waals surface area contributed by atoms with E-state index < -0.39 is 0 Å². The van der Waals surface area contributed by atoms with E-state index in [1.165, 1.54) is 12.8 Å². The minimum absolute atomic E-state index is 0.525. The molecule has 0 aliphatic heterocycles. The molecule has 1 aromatic carbocycles. The van der Waals surface area contributed by atoms with Crippen LogP contribution in [0.3, 0.4) is 0 Å². The molecule has 0 spiro atoms. The Kier molecular flexibility index (Phi) is 2.37. The highest BCUT2D eigenvalue weighted by Crippen LogP contribution is 2.41. The SMILES string of the molecule is NCCc1cc(Cl)cc2nc(C3CC3)oc12. The van der Waals surface area contributed by atoms with E-state index in [1.54, 1.807) is 0 Å². The van der Waals surface area contributed by atoms with Gasteiger partial charge < -0.3 is 10.2 Å². The summed E-state index contributed by atoms with van der Waals surface area (Å²) in [5, 5.41) is 0.701. The minimum Gasteiger partial charge on any atom is -0.440 e. The molecule has 84 valence electrons. The summed E-state index contributed by atoms with van der Waals surface area (Å²) in [6.45, 7) is 0.592. The maximum atomic E-state index is 6.04. The highest BCUT2D eigenvalue weighted by Gasteiger charge is 2.29. The Labute approximate surface area is 98.6 Å². The van der Waals surface area contributed by atoms with Gasteiger partial charge in [0.25, 0.3) is 0 Å².